The Hall–Kier alpha value is -2.44. The van der Waals surface area contributed by atoms with Crippen LogP contribution in [0.25, 0.3) is 5.82 Å². The molecule has 0 radical (unpaired) electrons. The zero-order valence-electron chi connectivity index (χ0n) is 11.2. The molecule has 2 aromatic rings. The SMILES string of the molecule is CCC(c1ccc(-n2cc(F)cn2)nc1)N(C)C(=O)O. The van der Waals surface area contributed by atoms with E-state index < -0.39 is 11.9 Å². The number of hydrogen-bond donors (Lipinski definition) is 1. The van der Waals surface area contributed by atoms with Crippen molar-refractivity contribution in [1.82, 2.24) is 19.7 Å². The molecule has 0 saturated carbocycles. The van der Waals surface area contributed by atoms with Crippen molar-refractivity contribution in [2.75, 3.05) is 7.05 Å². The number of carboxylic acid groups (broad SMARTS) is 1. The minimum Gasteiger partial charge on any atom is -0.465 e. The lowest BCUT2D eigenvalue weighted by Crippen LogP contribution is -2.29. The maximum Gasteiger partial charge on any atom is 0.407 e. The quantitative estimate of drug-likeness (QED) is 0.932. The first-order valence-corrected chi connectivity index (χ1v) is 6.15. The minimum absolute atomic E-state index is 0.261. The third-order valence-electron chi connectivity index (χ3n) is 3.10. The van der Waals surface area contributed by atoms with Crippen LogP contribution in [0.3, 0.4) is 0 Å². The van der Waals surface area contributed by atoms with Gasteiger partial charge >= 0.3 is 6.09 Å². The van der Waals surface area contributed by atoms with E-state index in [1.807, 2.05) is 6.92 Å². The van der Waals surface area contributed by atoms with Gasteiger partial charge in [0.2, 0.25) is 0 Å². The van der Waals surface area contributed by atoms with E-state index in [0.29, 0.717) is 12.2 Å². The summed E-state index contributed by atoms with van der Waals surface area (Å²) in [5, 5.41) is 12.8. The summed E-state index contributed by atoms with van der Waals surface area (Å²) in [5.41, 5.74) is 0.786. The lowest BCUT2D eigenvalue weighted by Gasteiger charge is -2.24. The third-order valence-corrected chi connectivity index (χ3v) is 3.10. The van der Waals surface area contributed by atoms with Crippen molar-refractivity contribution >= 4 is 6.09 Å². The molecule has 7 heteroatoms. The lowest BCUT2D eigenvalue weighted by molar-refractivity contribution is 0.137. The van der Waals surface area contributed by atoms with Crippen LogP contribution in [-0.2, 0) is 0 Å². The summed E-state index contributed by atoms with van der Waals surface area (Å²) >= 11 is 0. The van der Waals surface area contributed by atoms with Gasteiger partial charge in [-0.3, -0.25) is 0 Å². The number of rotatable bonds is 4. The number of amides is 1. The fraction of sp³-hybridized carbons (Fsp3) is 0.308. The zero-order valence-corrected chi connectivity index (χ0v) is 11.2. The van der Waals surface area contributed by atoms with Gasteiger partial charge in [0, 0.05) is 13.2 Å². The summed E-state index contributed by atoms with van der Waals surface area (Å²) in [7, 11) is 1.52. The summed E-state index contributed by atoms with van der Waals surface area (Å²) in [6.45, 7) is 1.90. The van der Waals surface area contributed by atoms with Crippen molar-refractivity contribution in [1.29, 1.82) is 0 Å². The fourth-order valence-corrected chi connectivity index (χ4v) is 2.02. The van der Waals surface area contributed by atoms with Crippen molar-refractivity contribution in [2.45, 2.75) is 19.4 Å². The average Bonchev–Trinajstić information content (AvgIpc) is 2.87. The zero-order chi connectivity index (χ0) is 14.7. The number of aromatic nitrogens is 3. The Balaban J connectivity index is 2.25. The summed E-state index contributed by atoms with van der Waals surface area (Å²) in [5.74, 6) is 0.0402. The van der Waals surface area contributed by atoms with Crippen LogP contribution in [0.5, 0.6) is 0 Å². The molecule has 20 heavy (non-hydrogen) atoms. The van der Waals surface area contributed by atoms with Gasteiger partial charge in [0.1, 0.15) is 0 Å². The lowest BCUT2D eigenvalue weighted by atomic mass is 10.1. The summed E-state index contributed by atoms with van der Waals surface area (Å²) < 4.78 is 14.2. The Kier molecular flexibility index (Phi) is 3.97. The molecule has 0 saturated heterocycles. The molecule has 0 aliphatic carbocycles. The highest BCUT2D eigenvalue weighted by Gasteiger charge is 2.19. The topological polar surface area (TPSA) is 71.2 Å². The second-order valence-electron chi connectivity index (χ2n) is 4.37. The van der Waals surface area contributed by atoms with Crippen molar-refractivity contribution < 1.29 is 14.3 Å². The minimum atomic E-state index is -0.991. The standard InChI is InChI=1S/C13H15FN4O2/c1-3-11(17(2)13(19)20)9-4-5-12(15-6-9)18-8-10(14)7-16-18/h4-8,11H,3H2,1-2H3,(H,19,20). The first-order valence-electron chi connectivity index (χ1n) is 6.15. The number of hydrogen-bond acceptors (Lipinski definition) is 3. The fourth-order valence-electron chi connectivity index (χ4n) is 2.02. The number of pyridine rings is 1. The Bertz CT molecular complexity index is 597. The van der Waals surface area contributed by atoms with Gasteiger partial charge in [-0.2, -0.15) is 5.10 Å². The molecule has 1 amide bonds. The summed E-state index contributed by atoms with van der Waals surface area (Å²) in [6, 6.07) is 3.19. The number of halogens is 1. The van der Waals surface area contributed by atoms with E-state index >= 15 is 0 Å². The first kappa shape index (κ1) is 14.0. The second kappa shape index (κ2) is 5.68. The van der Waals surface area contributed by atoms with Crippen LogP contribution in [0.2, 0.25) is 0 Å². The third kappa shape index (κ3) is 2.76. The van der Waals surface area contributed by atoms with E-state index in [2.05, 4.69) is 10.1 Å². The summed E-state index contributed by atoms with van der Waals surface area (Å²) in [4.78, 5) is 16.4. The predicted octanol–water partition coefficient (Wildman–Crippen LogP) is 2.47. The Morgan fingerprint density at radius 3 is 2.70 bits per heavy atom. The van der Waals surface area contributed by atoms with Gasteiger partial charge in [0.15, 0.2) is 11.6 Å². The normalized spacial score (nSPS) is 12.2. The molecule has 2 aromatic heterocycles. The first-order chi connectivity index (χ1) is 9.52. The molecular weight excluding hydrogens is 263 g/mol. The van der Waals surface area contributed by atoms with E-state index in [-0.39, 0.29) is 6.04 Å². The van der Waals surface area contributed by atoms with Crippen molar-refractivity contribution in [3.63, 3.8) is 0 Å². The van der Waals surface area contributed by atoms with Crippen molar-refractivity contribution in [3.05, 3.63) is 42.1 Å². The highest BCUT2D eigenvalue weighted by Crippen LogP contribution is 2.22. The average molecular weight is 278 g/mol. The van der Waals surface area contributed by atoms with Crippen LogP contribution in [-0.4, -0.2) is 37.9 Å². The molecule has 2 heterocycles. The van der Waals surface area contributed by atoms with E-state index in [1.54, 1.807) is 18.3 Å². The van der Waals surface area contributed by atoms with Crippen LogP contribution >= 0.6 is 0 Å². The van der Waals surface area contributed by atoms with Gasteiger partial charge in [-0.15, -0.1) is 0 Å². The van der Waals surface area contributed by atoms with Gasteiger partial charge < -0.3 is 10.0 Å². The Morgan fingerprint density at radius 2 is 2.25 bits per heavy atom. The highest BCUT2D eigenvalue weighted by atomic mass is 19.1. The summed E-state index contributed by atoms with van der Waals surface area (Å²) in [6.07, 6.45) is 3.56. The van der Waals surface area contributed by atoms with Crippen LogP contribution in [0.15, 0.2) is 30.7 Å². The molecule has 1 N–H and O–H groups in total. The largest absolute Gasteiger partial charge is 0.465 e. The highest BCUT2D eigenvalue weighted by molar-refractivity contribution is 5.65. The van der Waals surface area contributed by atoms with Crippen LogP contribution in [0, 0.1) is 5.82 Å². The van der Waals surface area contributed by atoms with Gasteiger partial charge in [-0.25, -0.2) is 18.9 Å². The molecule has 1 unspecified atom stereocenters. The molecular formula is C13H15FN4O2. The monoisotopic (exact) mass is 278 g/mol. The van der Waals surface area contributed by atoms with Gasteiger partial charge in [0.05, 0.1) is 18.4 Å². The molecule has 0 aliphatic heterocycles. The van der Waals surface area contributed by atoms with E-state index in [9.17, 15) is 9.18 Å². The smallest absolute Gasteiger partial charge is 0.407 e. The maximum absolute atomic E-state index is 12.9. The Labute approximate surface area is 115 Å². The van der Waals surface area contributed by atoms with Gasteiger partial charge in [0.25, 0.3) is 0 Å². The van der Waals surface area contributed by atoms with Crippen molar-refractivity contribution in [2.24, 2.45) is 0 Å². The molecule has 1 atom stereocenters. The Morgan fingerprint density at radius 1 is 1.50 bits per heavy atom. The van der Waals surface area contributed by atoms with E-state index in [4.69, 9.17) is 5.11 Å². The van der Waals surface area contributed by atoms with Crippen molar-refractivity contribution in [3.8, 4) is 5.82 Å². The van der Waals surface area contributed by atoms with Crippen LogP contribution in [0.4, 0.5) is 9.18 Å². The van der Waals surface area contributed by atoms with Crippen LogP contribution in [0.1, 0.15) is 24.9 Å². The molecule has 0 aliphatic rings. The van der Waals surface area contributed by atoms with E-state index in [0.717, 1.165) is 11.8 Å². The van der Waals surface area contributed by atoms with Gasteiger partial charge in [-0.05, 0) is 18.1 Å². The molecule has 6 nitrogen and oxygen atoms in total. The number of carbonyl (C=O) groups is 1. The molecule has 0 spiro atoms. The molecule has 0 aromatic carbocycles. The van der Waals surface area contributed by atoms with Crippen LogP contribution < -0.4 is 0 Å². The molecule has 106 valence electrons. The predicted molar refractivity (Wildman–Crippen MR) is 70.1 cm³/mol. The van der Waals surface area contributed by atoms with Gasteiger partial charge in [-0.1, -0.05) is 13.0 Å². The molecule has 0 bridgehead atoms. The molecule has 2 rings (SSSR count). The number of nitrogens with zero attached hydrogens (tertiary/aromatic N) is 4. The molecule has 0 fully saturated rings. The maximum atomic E-state index is 12.9. The van der Waals surface area contributed by atoms with E-state index in [1.165, 1.54) is 22.8 Å². The second-order valence-corrected chi connectivity index (χ2v) is 4.37.